The van der Waals surface area contributed by atoms with E-state index in [9.17, 15) is 33.0 Å². The molecular formula is C20H31F3N2O7. The van der Waals surface area contributed by atoms with Gasteiger partial charge >= 0.3 is 11.9 Å². The first kappa shape index (κ1) is 26.5. The normalized spacial score (nSPS) is 23.7. The predicted octanol–water partition coefficient (Wildman–Crippen LogP) is 2.18. The average Bonchev–Trinajstić information content (AvgIpc) is 2.99. The van der Waals surface area contributed by atoms with Gasteiger partial charge in [0, 0.05) is 18.7 Å². The number of unbranched alkanes of at least 4 members (excludes halogenated alkanes) is 7. The minimum absolute atomic E-state index is 0.162. The van der Waals surface area contributed by atoms with E-state index in [0.717, 1.165) is 49.2 Å². The Bertz CT molecular complexity index is 783. The van der Waals surface area contributed by atoms with Crippen LogP contribution in [0.15, 0.2) is 21.9 Å². The molecule has 0 aliphatic carbocycles. The average molecular weight is 468 g/mol. The molecule has 1 saturated heterocycles. The number of H-pyrrole nitrogens is 1. The van der Waals surface area contributed by atoms with Crippen LogP contribution < -0.4 is 11.2 Å². The minimum Gasteiger partial charge on any atom is -0.387 e. The van der Waals surface area contributed by atoms with Crippen molar-refractivity contribution >= 4 is 0 Å². The lowest BCUT2D eigenvalue weighted by atomic mass is 10.1. The number of aromatic amines is 1. The van der Waals surface area contributed by atoms with Gasteiger partial charge in [0.25, 0.3) is 5.56 Å². The van der Waals surface area contributed by atoms with E-state index in [4.69, 9.17) is 14.5 Å². The van der Waals surface area contributed by atoms with Gasteiger partial charge in [-0.15, -0.1) is 0 Å². The zero-order valence-corrected chi connectivity index (χ0v) is 17.8. The number of halogens is 3. The van der Waals surface area contributed by atoms with Crippen molar-refractivity contribution in [3.8, 4) is 0 Å². The van der Waals surface area contributed by atoms with Gasteiger partial charge in [-0.2, -0.15) is 13.2 Å². The van der Waals surface area contributed by atoms with Crippen LogP contribution in [-0.2, 0) is 14.5 Å². The van der Waals surface area contributed by atoms with E-state index in [1.54, 1.807) is 0 Å². The third-order valence-electron chi connectivity index (χ3n) is 5.22. The molecule has 2 rings (SSSR count). The number of ether oxygens (including phenoxy) is 1. The predicted molar refractivity (Wildman–Crippen MR) is 107 cm³/mol. The maximum absolute atomic E-state index is 12.0. The van der Waals surface area contributed by atoms with Gasteiger partial charge in [0.05, 0.1) is 6.61 Å². The Hall–Kier alpha value is -1.73. The van der Waals surface area contributed by atoms with E-state index in [1.807, 2.05) is 4.98 Å². The van der Waals surface area contributed by atoms with Gasteiger partial charge in [0.1, 0.15) is 24.9 Å². The van der Waals surface area contributed by atoms with Crippen LogP contribution in [0.2, 0.25) is 0 Å². The molecular weight excluding hydrogens is 437 g/mol. The van der Waals surface area contributed by atoms with E-state index in [0.29, 0.717) is 13.0 Å². The van der Waals surface area contributed by atoms with E-state index in [1.165, 1.54) is 6.20 Å². The molecule has 1 aliphatic rings. The smallest absolute Gasteiger partial charge is 0.387 e. The Morgan fingerprint density at radius 2 is 1.59 bits per heavy atom. The highest BCUT2D eigenvalue weighted by Gasteiger charge is 2.44. The Morgan fingerprint density at radius 1 is 0.969 bits per heavy atom. The van der Waals surface area contributed by atoms with Crippen molar-refractivity contribution in [3.63, 3.8) is 0 Å². The highest BCUT2D eigenvalue weighted by Crippen LogP contribution is 2.28. The quantitative estimate of drug-likeness (QED) is 0.217. The van der Waals surface area contributed by atoms with Crippen molar-refractivity contribution in [3.05, 3.63) is 33.1 Å². The monoisotopic (exact) mass is 468 g/mol. The molecule has 32 heavy (non-hydrogen) atoms. The fourth-order valence-electron chi connectivity index (χ4n) is 3.45. The van der Waals surface area contributed by atoms with Crippen LogP contribution >= 0.6 is 0 Å². The lowest BCUT2D eigenvalue weighted by molar-refractivity contribution is -0.310. The van der Waals surface area contributed by atoms with Crippen molar-refractivity contribution in [2.45, 2.75) is 88.5 Å². The van der Waals surface area contributed by atoms with Gasteiger partial charge in [-0.1, -0.05) is 38.5 Å². The molecule has 12 heteroatoms. The molecule has 2 heterocycles. The molecule has 0 bridgehead atoms. The van der Waals surface area contributed by atoms with E-state index in [2.05, 4.69) is 0 Å². The molecule has 1 aromatic heterocycles. The summed E-state index contributed by atoms with van der Waals surface area (Å²) in [6.07, 6.45) is -2.35. The van der Waals surface area contributed by atoms with Crippen molar-refractivity contribution in [1.29, 1.82) is 0 Å². The number of hydrogen-bond acceptors (Lipinski definition) is 7. The van der Waals surface area contributed by atoms with Crippen LogP contribution in [0.1, 0.15) is 64.0 Å². The van der Waals surface area contributed by atoms with Crippen LogP contribution in [-0.4, -0.2) is 57.5 Å². The zero-order chi connectivity index (χ0) is 23.6. The second-order valence-corrected chi connectivity index (χ2v) is 7.86. The summed E-state index contributed by atoms with van der Waals surface area (Å²) in [6, 6.07) is 1.10. The number of alkyl halides is 3. The van der Waals surface area contributed by atoms with Crippen molar-refractivity contribution in [2.24, 2.45) is 0 Å². The van der Waals surface area contributed by atoms with E-state index >= 15 is 0 Å². The lowest BCUT2D eigenvalue weighted by Crippen LogP contribution is -2.37. The molecule has 4 atom stereocenters. The Morgan fingerprint density at radius 3 is 2.22 bits per heavy atom. The van der Waals surface area contributed by atoms with E-state index < -0.39 is 48.4 Å². The minimum atomic E-state index is -4.06. The number of aliphatic hydroxyl groups is 2. The fraction of sp³-hybridized carbons (Fsp3) is 0.800. The Balaban J connectivity index is 1.51. The number of aromatic nitrogens is 2. The topological polar surface area (TPSA) is 123 Å². The molecule has 1 fully saturated rings. The molecule has 0 spiro atoms. The summed E-state index contributed by atoms with van der Waals surface area (Å²) < 4.78 is 42.5. The zero-order valence-electron chi connectivity index (χ0n) is 17.8. The SMILES string of the molecule is O=c1ccn([C@@H]2O[C@H](COOCCCCCCCCCCC(F)(F)F)[C@@H](O)[C@H]2O)c(=O)[nH]1. The van der Waals surface area contributed by atoms with Gasteiger partial charge in [-0.25, -0.2) is 14.6 Å². The first-order valence-corrected chi connectivity index (χ1v) is 10.8. The Kier molecular flexibility index (Phi) is 10.9. The largest absolute Gasteiger partial charge is 0.389 e. The molecule has 0 amide bonds. The number of nitrogens with zero attached hydrogens (tertiary/aromatic N) is 1. The summed E-state index contributed by atoms with van der Waals surface area (Å²) in [4.78, 5) is 35.1. The molecule has 3 N–H and O–H groups in total. The fourth-order valence-corrected chi connectivity index (χ4v) is 3.45. The van der Waals surface area contributed by atoms with Gasteiger partial charge in [-0.05, 0) is 12.8 Å². The second kappa shape index (κ2) is 13.1. The highest BCUT2D eigenvalue weighted by atomic mass is 19.4. The third kappa shape index (κ3) is 9.02. The van der Waals surface area contributed by atoms with Crippen molar-refractivity contribution in [1.82, 2.24) is 9.55 Å². The summed E-state index contributed by atoms with van der Waals surface area (Å²) in [5.74, 6) is 0. The maximum atomic E-state index is 12.0. The van der Waals surface area contributed by atoms with Gasteiger partial charge in [0.2, 0.25) is 0 Å². The van der Waals surface area contributed by atoms with Crippen molar-refractivity contribution < 1.29 is 37.9 Å². The second-order valence-electron chi connectivity index (χ2n) is 7.86. The summed E-state index contributed by atoms with van der Waals surface area (Å²) >= 11 is 0. The molecule has 0 radical (unpaired) electrons. The molecule has 184 valence electrons. The number of hydrogen-bond donors (Lipinski definition) is 3. The molecule has 1 aliphatic heterocycles. The summed E-state index contributed by atoms with van der Waals surface area (Å²) in [5, 5.41) is 20.2. The standard InChI is InChI=1S/C20H31F3N2O7/c21-20(22,23)10-7-5-3-1-2-4-6-8-12-30-31-13-14-16(27)17(28)18(32-14)25-11-9-15(26)24-19(25)29/h9,11,14,16-18,27-28H,1-8,10,12-13H2,(H,24,26,29)/t14-,16-,17-,18-/m1/s1. The molecule has 0 unspecified atom stereocenters. The van der Waals surface area contributed by atoms with Crippen LogP contribution in [0, 0.1) is 0 Å². The third-order valence-corrected chi connectivity index (χ3v) is 5.22. The van der Waals surface area contributed by atoms with Crippen LogP contribution in [0.4, 0.5) is 13.2 Å². The molecule has 0 aromatic carbocycles. The summed E-state index contributed by atoms with van der Waals surface area (Å²) in [7, 11) is 0. The Labute approximate surface area is 183 Å². The van der Waals surface area contributed by atoms with Crippen molar-refractivity contribution in [2.75, 3.05) is 13.2 Å². The van der Waals surface area contributed by atoms with Crippen LogP contribution in [0.25, 0.3) is 0 Å². The maximum Gasteiger partial charge on any atom is 0.389 e. The highest BCUT2D eigenvalue weighted by molar-refractivity contribution is 4.93. The molecule has 1 aromatic rings. The van der Waals surface area contributed by atoms with Crippen LogP contribution in [0.3, 0.4) is 0 Å². The number of nitrogens with one attached hydrogen (secondary N) is 1. The first-order chi connectivity index (χ1) is 15.2. The number of rotatable bonds is 14. The van der Waals surface area contributed by atoms with Gasteiger partial charge in [0.15, 0.2) is 6.23 Å². The van der Waals surface area contributed by atoms with E-state index in [-0.39, 0.29) is 13.0 Å². The first-order valence-electron chi connectivity index (χ1n) is 10.8. The molecule has 9 nitrogen and oxygen atoms in total. The number of aliphatic hydroxyl groups excluding tert-OH is 2. The summed E-state index contributed by atoms with van der Waals surface area (Å²) in [6.45, 7) is 0.157. The van der Waals surface area contributed by atoms with Crippen LogP contribution in [0.5, 0.6) is 0 Å². The lowest BCUT2D eigenvalue weighted by Gasteiger charge is -2.16. The molecule has 0 saturated carbocycles. The van der Waals surface area contributed by atoms with Gasteiger partial charge in [-0.3, -0.25) is 14.3 Å². The summed E-state index contributed by atoms with van der Waals surface area (Å²) in [5.41, 5.74) is -1.36. The van der Waals surface area contributed by atoms with Gasteiger partial charge < -0.3 is 14.9 Å².